The molecule has 4 N–H and O–H groups in total. The fraction of sp³-hybridized carbons (Fsp3) is 0.471. The summed E-state index contributed by atoms with van der Waals surface area (Å²) in [5, 5.41) is 6.03. The molecule has 0 fully saturated rings. The highest BCUT2D eigenvalue weighted by Gasteiger charge is 2.17. The molecule has 0 aliphatic heterocycles. The Balaban J connectivity index is 0.00000625. The number of carbonyl (C=O) groups is 2. The van der Waals surface area contributed by atoms with Crippen LogP contribution in [0.15, 0.2) is 29.3 Å². The number of guanidine groups is 1. The van der Waals surface area contributed by atoms with Crippen LogP contribution < -0.4 is 16.4 Å². The number of aliphatic imine (C=N–C) groups is 1. The molecule has 0 heterocycles. The summed E-state index contributed by atoms with van der Waals surface area (Å²) in [6, 6.07) is 5.94. The van der Waals surface area contributed by atoms with Gasteiger partial charge in [-0.2, -0.15) is 0 Å². The van der Waals surface area contributed by atoms with E-state index in [4.69, 9.17) is 5.73 Å². The lowest BCUT2D eigenvalue weighted by atomic mass is 9.98. The van der Waals surface area contributed by atoms with Crippen LogP contribution in [0.25, 0.3) is 0 Å². The molecule has 0 spiro atoms. The van der Waals surface area contributed by atoms with Gasteiger partial charge in [-0.25, -0.2) is 9.38 Å². The van der Waals surface area contributed by atoms with E-state index in [1.54, 1.807) is 26.2 Å². The molecule has 0 bridgehead atoms. The van der Waals surface area contributed by atoms with Gasteiger partial charge in [0.05, 0.1) is 5.92 Å². The molecule has 0 saturated carbocycles. The quantitative estimate of drug-likeness (QED) is 0.291. The van der Waals surface area contributed by atoms with Gasteiger partial charge < -0.3 is 21.3 Å². The number of rotatable bonds is 8. The number of primary amides is 1. The summed E-state index contributed by atoms with van der Waals surface area (Å²) in [6.07, 6.45) is 0.388. The zero-order chi connectivity index (χ0) is 18.8. The molecule has 26 heavy (non-hydrogen) atoms. The van der Waals surface area contributed by atoms with E-state index in [9.17, 15) is 14.0 Å². The number of nitrogens with one attached hydrogen (secondary N) is 2. The van der Waals surface area contributed by atoms with Gasteiger partial charge in [-0.05, 0) is 31.0 Å². The maximum atomic E-state index is 13.0. The van der Waals surface area contributed by atoms with Gasteiger partial charge in [0.1, 0.15) is 12.4 Å². The van der Waals surface area contributed by atoms with Gasteiger partial charge >= 0.3 is 0 Å². The maximum Gasteiger partial charge on any atom is 0.243 e. The van der Waals surface area contributed by atoms with Gasteiger partial charge in [-0.1, -0.05) is 12.1 Å². The lowest BCUT2D eigenvalue weighted by molar-refractivity contribution is -0.127. The maximum absolute atomic E-state index is 13.0. The van der Waals surface area contributed by atoms with Crippen molar-refractivity contribution in [2.45, 2.75) is 13.3 Å². The van der Waals surface area contributed by atoms with E-state index in [-0.39, 0.29) is 48.8 Å². The average Bonchev–Trinajstić information content (AvgIpc) is 2.57. The standard InChI is InChI=1S/C17H26FN5O2.HI/c1-4-20-17(22-11-15(24)23(2)3)21-10-13(16(19)25)9-12-5-7-14(18)8-6-12;/h5-8,13H,4,9-11H2,1-3H3,(H2,19,25)(H2,20,21,22);1H. The van der Waals surface area contributed by atoms with Gasteiger partial charge in [-0.3, -0.25) is 9.59 Å². The minimum absolute atomic E-state index is 0. The third-order valence-electron chi connectivity index (χ3n) is 3.53. The normalized spacial score (nSPS) is 11.9. The Hall–Kier alpha value is -1.91. The zero-order valence-corrected chi connectivity index (χ0v) is 17.6. The van der Waals surface area contributed by atoms with Crippen molar-refractivity contribution in [3.05, 3.63) is 35.6 Å². The van der Waals surface area contributed by atoms with Crippen LogP contribution in [0.3, 0.4) is 0 Å². The van der Waals surface area contributed by atoms with Crippen molar-refractivity contribution < 1.29 is 14.0 Å². The number of nitrogens with two attached hydrogens (primary N) is 1. The van der Waals surface area contributed by atoms with E-state index in [0.717, 1.165) is 5.56 Å². The number of nitrogens with zero attached hydrogens (tertiary/aromatic N) is 2. The molecule has 1 rings (SSSR count). The van der Waals surface area contributed by atoms with E-state index in [1.165, 1.54) is 17.0 Å². The van der Waals surface area contributed by atoms with Crippen molar-refractivity contribution in [1.29, 1.82) is 0 Å². The predicted octanol–water partition coefficient (Wildman–Crippen LogP) is 0.731. The van der Waals surface area contributed by atoms with Crippen molar-refractivity contribution in [1.82, 2.24) is 15.5 Å². The fourth-order valence-electron chi connectivity index (χ4n) is 2.03. The zero-order valence-electron chi connectivity index (χ0n) is 15.3. The SMILES string of the molecule is CCNC(=NCC(=O)N(C)C)NCC(Cc1ccc(F)cc1)C(N)=O.I. The van der Waals surface area contributed by atoms with Crippen molar-refractivity contribution in [2.24, 2.45) is 16.6 Å². The van der Waals surface area contributed by atoms with Crippen LogP contribution >= 0.6 is 24.0 Å². The summed E-state index contributed by atoms with van der Waals surface area (Å²) < 4.78 is 13.0. The molecule has 0 aliphatic carbocycles. The number of likely N-dealkylation sites (N-methyl/N-ethyl adjacent to an activating group) is 1. The molecule has 146 valence electrons. The van der Waals surface area contributed by atoms with E-state index in [1.807, 2.05) is 6.92 Å². The van der Waals surface area contributed by atoms with E-state index in [2.05, 4.69) is 15.6 Å². The predicted molar refractivity (Wildman–Crippen MR) is 111 cm³/mol. The topological polar surface area (TPSA) is 99.8 Å². The second kappa shape index (κ2) is 12.4. The third kappa shape index (κ3) is 8.97. The molecule has 1 aromatic carbocycles. The van der Waals surface area contributed by atoms with Crippen LogP contribution in [0.5, 0.6) is 0 Å². The lowest BCUT2D eigenvalue weighted by Gasteiger charge is -2.17. The van der Waals surface area contributed by atoms with E-state index < -0.39 is 11.8 Å². The number of halogens is 2. The van der Waals surface area contributed by atoms with Crippen molar-refractivity contribution in [3.63, 3.8) is 0 Å². The van der Waals surface area contributed by atoms with E-state index >= 15 is 0 Å². The highest BCUT2D eigenvalue weighted by Crippen LogP contribution is 2.09. The Bertz CT molecular complexity index is 608. The molecule has 9 heteroatoms. The van der Waals surface area contributed by atoms with Crippen LogP contribution in [-0.2, 0) is 16.0 Å². The third-order valence-corrected chi connectivity index (χ3v) is 3.53. The van der Waals surface area contributed by atoms with Crippen molar-refractivity contribution in [2.75, 3.05) is 33.7 Å². The number of hydrogen-bond donors (Lipinski definition) is 3. The molecule has 1 unspecified atom stereocenters. The van der Waals surface area contributed by atoms with Gasteiger partial charge in [0.25, 0.3) is 0 Å². The minimum Gasteiger partial charge on any atom is -0.369 e. The van der Waals surface area contributed by atoms with Gasteiger partial charge in [0.2, 0.25) is 11.8 Å². The summed E-state index contributed by atoms with van der Waals surface area (Å²) in [7, 11) is 3.31. The Morgan fingerprint density at radius 2 is 1.85 bits per heavy atom. The Morgan fingerprint density at radius 3 is 2.35 bits per heavy atom. The smallest absolute Gasteiger partial charge is 0.243 e. The van der Waals surface area contributed by atoms with Crippen LogP contribution in [-0.4, -0.2) is 56.4 Å². The first-order valence-electron chi connectivity index (χ1n) is 8.09. The number of carbonyl (C=O) groups excluding carboxylic acids is 2. The first-order valence-corrected chi connectivity index (χ1v) is 8.09. The molecular weight excluding hydrogens is 452 g/mol. The molecule has 1 atom stereocenters. The van der Waals surface area contributed by atoms with Crippen molar-refractivity contribution >= 4 is 41.8 Å². The van der Waals surface area contributed by atoms with Crippen LogP contribution in [0.1, 0.15) is 12.5 Å². The highest BCUT2D eigenvalue weighted by atomic mass is 127. The molecule has 7 nitrogen and oxygen atoms in total. The number of hydrogen-bond acceptors (Lipinski definition) is 3. The molecule has 0 aromatic heterocycles. The molecule has 1 aromatic rings. The second-order valence-electron chi connectivity index (χ2n) is 5.79. The second-order valence-corrected chi connectivity index (χ2v) is 5.79. The Labute approximate surface area is 170 Å². The number of amides is 2. The lowest BCUT2D eigenvalue weighted by Crippen LogP contribution is -2.43. The van der Waals surface area contributed by atoms with Crippen LogP contribution in [0, 0.1) is 11.7 Å². The average molecular weight is 479 g/mol. The Kier molecular flexibility index (Phi) is 11.5. The summed E-state index contributed by atoms with van der Waals surface area (Å²) in [5.41, 5.74) is 6.28. The van der Waals surface area contributed by atoms with Gasteiger partial charge in [0, 0.05) is 27.2 Å². The summed E-state index contributed by atoms with van der Waals surface area (Å²) in [5.74, 6) is -0.974. The largest absolute Gasteiger partial charge is 0.369 e. The molecular formula is C17H27FIN5O2. The van der Waals surface area contributed by atoms with Crippen LogP contribution in [0.4, 0.5) is 4.39 Å². The summed E-state index contributed by atoms with van der Waals surface area (Å²) in [6.45, 7) is 2.77. The van der Waals surface area contributed by atoms with E-state index in [0.29, 0.717) is 18.9 Å². The monoisotopic (exact) mass is 479 g/mol. The number of benzene rings is 1. The fourth-order valence-corrected chi connectivity index (χ4v) is 2.03. The molecule has 2 amide bonds. The molecule has 0 saturated heterocycles. The van der Waals surface area contributed by atoms with Crippen LogP contribution in [0.2, 0.25) is 0 Å². The van der Waals surface area contributed by atoms with Gasteiger partial charge in [0.15, 0.2) is 5.96 Å². The van der Waals surface area contributed by atoms with Gasteiger partial charge in [-0.15, -0.1) is 24.0 Å². The molecule has 0 radical (unpaired) electrons. The Morgan fingerprint density at radius 1 is 1.23 bits per heavy atom. The van der Waals surface area contributed by atoms with Crippen molar-refractivity contribution in [3.8, 4) is 0 Å². The summed E-state index contributed by atoms with van der Waals surface area (Å²) >= 11 is 0. The minimum atomic E-state index is -0.487. The first-order chi connectivity index (χ1) is 11.8. The summed E-state index contributed by atoms with van der Waals surface area (Å²) in [4.78, 5) is 28.9. The highest BCUT2D eigenvalue weighted by molar-refractivity contribution is 14.0. The first kappa shape index (κ1) is 24.1. The molecule has 0 aliphatic rings.